The molecule has 3 rings (SSSR count). The molecule has 110 valence electrons. The minimum Gasteiger partial charge on any atom is -0.345 e. The summed E-state index contributed by atoms with van der Waals surface area (Å²) in [5.74, 6) is -0.190. The number of pyridine rings is 1. The van der Waals surface area contributed by atoms with E-state index >= 15 is 0 Å². The molecule has 6 heteroatoms. The van der Waals surface area contributed by atoms with Crippen LogP contribution in [0.25, 0.3) is 0 Å². The molecule has 0 aliphatic heterocycles. The van der Waals surface area contributed by atoms with Crippen molar-refractivity contribution in [2.75, 3.05) is 0 Å². The minimum absolute atomic E-state index is 0.143. The highest BCUT2D eigenvalue weighted by Crippen LogP contribution is 2.19. The molecule has 0 aromatic carbocycles. The van der Waals surface area contributed by atoms with Gasteiger partial charge < -0.3 is 5.32 Å². The molecule has 1 amide bonds. The first-order valence-corrected chi connectivity index (χ1v) is 7.74. The summed E-state index contributed by atoms with van der Waals surface area (Å²) in [5, 5.41) is 7.15. The van der Waals surface area contributed by atoms with E-state index in [-0.39, 0.29) is 11.9 Å². The average Bonchev–Trinajstić information content (AvgIpc) is 3.09. The van der Waals surface area contributed by atoms with Crippen molar-refractivity contribution in [1.29, 1.82) is 0 Å². The molecule has 3 aromatic rings. The van der Waals surface area contributed by atoms with Crippen molar-refractivity contribution in [2.24, 2.45) is 0 Å². The number of hydrogen-bond acceptors (Lipinski definition) is 5. The van der Waals surface area contributed by atoms with E-state index in [1.165, 1.54) is 24.3 Å². The van der Waals surface area contributed by atoms with Gasteiger partial charge in [0.15, 0.2) is 0 Å². The molecule has 1 atom stereocenters. The fourth-order valence-corrected chi connectivity index (χ4v) is 2.82. The second kappa shape index (κ2) is 6.91. The Bertz CT molecular complexity index is 716. The highest BCUT2D eigenvalue weighted by molar-refractivity contribution is 7.07. The van der Waals surface area contributed by atoms with Gasteiger partial charge in [-0.05, 0) is 40.4 Å². The van der Waals surface area contributed by atoms with Crippen LogP contribution >= 0.6 is 11.3 Å². The predicted molar refractivity (Wildman–Crippen MR) is 84.5 cm³/mol. The Kier molecular flexibility index (Phi) is 4.50. The number of hydrogen-bond donors (Lipinski definition) is 1. The first kappa shape index (κ1) is 14.3. The van der Waals surface area contributed by atoms with Crippen LogP contribution in [0.1, 0.15) is 27.5 Å². The molecule has 0 radical (unpaired) electrons. The molecule has 5 nitrogen and oxygen atoms in total. The number of nitrogens with one attached hydrogen (secondary N) is 1. The van der Waals surface area contributed by atoms with E-state index in [0.29, 0.717) is 12.0 Å². The molecule has 0 unspecified atom stereocenters. The van der Waals surface area contributed by atoms with E-state index in [1.807, 2.05) is 17.5 Å². The zero-order valence-electron chi connectivity index (χ0n) is 11.7. The summed E-state index contributed by atoms with van der Waals surface area (Å²) in [6.45, 7) is 0. The van der Waals surface area contributed by atoms with Crippen molar-refractivity contribution < 1.29 is 4.79 Å². The van der Waals surface area contributed by atoms with Gasteiger partial charge in [0.25, 0.3) is 5.91 Å². The SMILES string of the molecule is O=C(N[C@@H](Cc1ccsc1)c1cccnc1)c1cncnc1. The molecule has 3 aromatic heterocycles. The Morgan fingerprint density at radius 3 is 2.73 bits per heavy atom. The third-order valence-electron chi connectivity index (χ3n) is 3.23. The van der Waals surface area contributed by atoms with Crippen LogP contribution in [-0.2, 0) is 6.42 Å². The average molecular weight is 310 g/mol. The lowest BCUT2D eigenvalue weighted by molar-refractivity contribution is 0.0935. The molecule has 0 fully saturated rings. The van der Waals surface area contributed by atoms with Gasteiger partial charge in [-0.2, -0.15) is 11.3 Å². The van der Waals surface area contributed by atoms with Crippen molar-refractivity contribution in [3.05, 3.63) is 76.8 Å². The van der Waals surface area contributed by atoms with Crippen molar-refractivity contribution >= 4 is 17.2 Å². The zero-order valence-corrected chi connectivity index (χ0v) is 12.5. The predicted octanol–water partition coefficient (Wildman–Crippen LogP) is 2.65. The lowest BCUT2D eigenvalue weighted by atomic mass is 10.0. The smallest absolute Gasteiger partial charge is 0.254 e. The molecule has 0 saturated carbocycles. The van der Waals surface area contributed by atoms with Crippen molar-refractivity contribution in [3.8, 4) is 0 Å². The summed E-state index contributed by atoms with van der Waals surface area (Å²) in [5.41, 5.74) is 2.60. The molecule has 3 heterocycles. The summed E-state index contributed by atoms with van der Waals surface area (Å²) in [4.78, 5) is 24.2. The Hall–Kier alpha value is -2.60. The normalized spacial score (nSPS) is 11.8. The Morgan fingerprint density at radius 1 is 1.18 bits per heavy atom. The molecule has 0 spiro atoms. The van der Waals surface area contributed by atoms with E-state index in [1.54, 1.807) is 23.7 Å². The van der Waals surface area contributed by atoms with Gasteiger partial charge in [-0.15, -0.1) is 0 Å². The second-order valence-corrected chi connectivity index (χ2v) is 5.56. The van der Waals surface area contributed by atoms with E-state index in [2.05, 4.69) is 31.7 Å². The van der Waals surface area contributed by atoms with Crippen LogP contribution in [-0.4, -0.2) is 20.9 Å². The largest absolute Gasteiger partial charge is 0.345 e. The van der Waals surface area contributed by atoms with Crippen LogP contribution in [0.3, 0.4) is 0 Å². The standard InChI is InChI=1S/C16H14N4OS/c21-16(14-8-18-11-19-9-14)20-15(6-12-3-5-22-10-12)13-2-1-4-17-7-13/h1-5,7-11,15H,6H2,(H,20,21)/t15-/m0/s1. The maximum absolute atomic E-state index is 12.3. The maximum Gasteiger partial charge on any atom is 0.254 e. The van der Waals surface area contributed by atoms with Gasteiger partial charge in [-0.1, -0.05) is 6.07 Å². The van der Waals surface area contributed by atoms with Gasteiger partial charge in [0.05, 0.1) is 11.6 Å². The Labute approximate surface area is 132 Å². The first-order chi connectivity index (χ1) is 10.8. The topological polar surface area (TPSA) is 67.8 Å². The Morgan fingerprint density at radius 2 is 2.05 bits per heavy atom. The summed E-state index contributed by atoms with van der Waals surface area (Å²) in [6, 6.07) is 5.75. The van der Waals surface area contributed by atoms with Crippen LogP contribution in [0.5, 0.6) is 0 Å². The van der Waals surface area contributed by atoms with Gasteiger partial charge >= 0.3 is 0 Å². The fraction of sp³-hybridized carbons (Fsp3) is 0.125. The monoisotopic (exact) mass is 310 g/mol. The molecule has 0 saturated heterocycles. The molecule has 0 aliphatic carbocycles. The van der Waals surface area contributed by atoms with Crippen molar-refractivity contribution in [3.63, 3.8) is 0 Å². The molecular formula is C16H14N4OS. The number of amides is 1. The quantitative estimate of drug-likeness (QED) is 0.786. The highest BCUT2D eigenvalue weighted by Gasteiger charge is 2.17. The number of aromatic nitrogens is 3. The van der Waals surface area contributed by atoms with E-state index in [4.69, 9.17) is 0 Å². The number of thiophene rings is 1. The maximum atomic E-state index is 12.3. The van der Waals surface area contributed by atoms with E-state index in [9.17, 15) is 4.79 Å². The third-order valence-corrected chi connectivity index (χ3v) is 3.97. The fourth-order valence-electron chi connectivity index (χ4n) is 2.14. The van der Waals surface area contributed by atoms with Gasteiger partial charge in [0, 0.05) is 24.8 Å². The zero-order chi connectivity index (χ0) is 15.2. The lowest BCUT2D eigenvalue weighted by Crippen LogP contribution is -2.30. The lowest BCUT2D eigenvalue weighted by Gasteiger charge is -2.18. The summed E-state index contributed by atoms with van der Waals surface area (Å²) >= 11 is 1.64. The number of nitrogens with zero attached hydrogens (tertiary/aromatic N) is 3. The van der Waals surface area contributed by atoms with Crippen LogP contribution in [0.2, 0.25) is 0 Å². The van der Waals surface area contributed by atoms with Crippen LogP contribution in [0, 0.1) is 0 Å². The van der Waals surface area contributed by atoms with Crippen LogP contribution < -0.4 is 5.32 Å². The van der Waals surface area contributed by atoms with E-state index in [0.717, 1.165) is 5.56 Å². The van der Waals surface area contributed by atoms with E-state index < -0.39 is 0 Å². The molecule has 22 heavy (non-hydrogen) atoms. The molecular weight excluding hydrogens is 296 g/mol. The molecule has 0 bridgehead atoms. The van der Waals surface area contributed by atoms with Crippen molar-refractivity contribution in [1.82, 2.24) is 20.3 Å². The molecule has 0 aliphatic rings. The van der Waals surface area contributed by atoms with Crippen molar-refractivity contribution in [2.45, 2.75) is 12.5 Å². The van der Waals surface area contributed by atoms with Crippen LogP contribution in [0.15, 0.2) is 60.1 Å². The third kappa shape index (κ3) is 3.53. The Balaban J connectivity index is 1.81. The number of carbonyl (C=O) groups excluding carboxylic acids is 1. The second-order valence-electron chi connectivity index (χ2n) is 4.78. The van der Waals surface area contributed by atoms with Gasteiger partial charge in [0.2, 0.25) is 0 Å². The molecule has 1 N–H and O–H groups in total. The van der Waals surface area contributed by atoms with Gasteiger partial charge in [-0.3, -0.25) is 9.78 Å². The summed E-state index contributed by atoms with van der Waals surface area (Å²) < 4.78 is 0. The van der Waals surface area contributed by atoms with Crippen LogP contribution in [0.4, 0.5) is 0 Å². The number of rotatable bonds is 5. The summed E-state index contributed by atoms with van der Waals surface area (Å²) in [6.07, 6.45) is 8.63. The highest BCUT2D eigenvalue weighted by atomic mass is 32.1. The minimum atomic E-state index is -0.190. The number of carbonyl (C=O) groups is 1. The van der Waals surface area contributed by atoms with Gasteiger partial charge in [-0.25, -0.2) is 9.97 Å². The summed E-state index contributed by atoms with van der Waals surface area (Å²) in [7, 11) is 0. The van der Waals surface area contributed by atoms with Gasteiger partial charge in [0.1, 0.15) is 6.33 Å². The first-order valence-electron chi connectivity index (χ1n) is 6.80.